The number of nitrogens with one attached hydrogen (secondary N) is 2. The molecule has 1 aromatic heterocycles. The van der Waals surface area contributed by atoms with Crippen molar-refractivity contribution in [1.82, 2.24) is 15.6 Å². The molecule has 2 heterocycles. The fourth-order valence-electron chi connectivity index (χ4n) is 3.90. The van der Waals surface area contributed by atoms with Crippen molar-refractivity contribution in [2.24, 2.45) is 10.4 Å². The highest BCUT2D eigenvalue weighted by Gasteiger charge is 2.34. The van der Waals surface area contributed by atoms with Gasteiger partial charge >= 0.3 is 0 Å². The lowest BCUT2D eigenvalue weighted by molar-refractivity contribution is 0.127. The summed E-state index contributed by atoms with van der Waals surface area (Å²) in [6.45, 7) is 5.70. The number of aliphatic imine (C=N–C) groups is 1. The monoisotopic (exact) mass is 390 g/mol. The third-order valence-electron chi connectivity index (χ3n) is 5.64. The van der Waals surface area contributed by atoms with Crippen LogP contribution in [0.5, 0.6) is 5.88 Å². The Balaban J connectivity index is 1.62. The number of hydrogen-bond donors (Lipinski definition) is 3. The summed E-state index contributed by atoms with van der Waals surface area (Å²) in [5.74, 6) is 1.47. The van der Waals surface area contributed by atoms with Crippen LogP contribution in [0.1, 0.15) is 51.0 Å². The van der Waals surface area contributed by atoms with Crippen molar-refractivity contribution in [3.8, 4) is 5.88 Å². The van der Waals surface area contributed by atoms with Gasteiger partial charge in [0.1, 0.15) is 6.10 Å². The van der Waals surface area contributed by atoms with E-state index in [1.54, 1.807) is 6.20 Å². The summed E-state index contributed by atoms with van der Waals surface area (Å²) in [6.07, 6.45) is 8.45. The van der Waals surface area contributed by atoms with Gasteiger partial charge in [0.05, 0.1) is 13.2 Å². The van der Waals surface area contributed by atoms with Crippen LogP contribution in [-0.2, 0) is 11.3 Å². The quantitative estimate of drug-likeness (QED) is 0.443. The molecule has 0 spiro atoms. The molecule has 0 amide bonds. The molecule has 2 aliphatic rings. The topological polar surface area (TPSA) is 88.0 Å². The van der Waals surface area contributed by atoms with Gasteiger partial charge in [-0.1, -0.05) is 6.07 Å². The summed E-state index contributed by atoms with van der Waals surface area (Å²) in [5.41, 5.74) is 0.983. The molecular weight excluding hydrogens is 356 g/mol. The number of pyridine rings is 1. The first kappa shape index (κ1) is 20.9. The van der Waals surface area contributed by atoms with Crippen molar-refractivity contribution in [1.29, 1.82) is 0 Å². The molecule has 1 unspecified atom stereocenters. The van der Waals surface area contributed by atoms with Crippen molar-refractivity contribution in [2.75, 3.05) is 32.9 Å². The number of rotatable bonds is 9. The van der Waals surface area contributed by atoms with Crippen molar-refractivity contribution in [3.05, 3.63) is 23.9 Å². The van der Waals surface area contributed by atoms with Crippen LogP contribution in [-0.4, -0.2) is 55.1 Å². The van der Waals surface area contributed by atoms with Gasteiger partial charge in [0.2, 0.25) is 5.88 Å². The van der Waals surface area contributed by atoms with E-state index in [9.17, 15) is 5.11 Å². The average molecular weight is 391 g/mol. The van der Waals surface area contributed by atoms with Gasteiger partial charge < -0.3 is 25.2 Å². The van der Waals surface area contributed by atoms with Gasteiger partial charge in [0.25, 0.3) is 0 Å². The van der Waals surface area contributed by atoms with Crippen molar-refractivity contribution in [2.45, 2.75) is 58.1 Å². The molecule has 0 bridgehead atoms. The minimum atomic E-state index is -0.0179. The van der Waals surface area contributed by atoms with E-state index in [1.165, 1.54) is 12.8 Å². The molecule has 3 rings (SSSR count). The summed E-state index contributed by atoms with van der Waals surface area (Å²) in [5, 5.41) is 16.2. The normalized spacial score (nSPS) is 23.1. The highest BCUT2D eigenvalue weighted by molar-refractivity contribution is 5.79. The number of hydrogen-bond acceptors (Lipinski definition) is 5. The number of aliphatic hydroxyl groups is 1. The van der Waals surface area contributed by atoms with Crippen molar-refractivity contribution >= 4 is 5.96 Å². The second-order valence-corrected chi connectivity index (χ2v) is 7.82. The molecule has 0 radical (unpaired) electrons. The Morgan fingerprint density at radius 2 is 2.25 bits per heavy atom. The lowest BCUT2D eigenvalue weighted by atomic mass is 9.84. The molecule has 2 fully saturated rings. The molecule has 28 heavy (non-hydrogen) atoms. The van der Waals surface area contributed by atoms with Crippen LogP contribution in [0.15, 0.2) is 23.3 Å². The first-order chi connectivity index (χ1) is 13.7. The van der Waals surface area contributed by atoms with E-state index in [0.29, 0.717) is 19.0 Å². The first-order valence-electron chi connectivity index (χ1n) is 10.6. The van der Waals surface area contributed by atoms with Crippen LogP contribution in [0.4, 0.5) is 0 Å². The zero-order chi connectivity index (χ0) is 19.7. The Labute approximate surface area is 167 Å². The Morgan fingerprint density at radius 3 is 2.96 bits per heavy atom. The Kier molecular flexibility index (Phi) is 7.91. The maximum absolute atomic E-state index is 9.41. The van der Waals surface area contributed by atoms with E-state index >= 15 is 0 Å². The molecule has 1 aliphatic heterocycles. The summed E-state index contributed by atoms with van der Waals surface area (Å²) < 4.78 is 11.7. The van der Waals surface area contributed by atoms with Gasteiger partial charge in [-0.05, 0) is 51.5 Å². The lowest BCUT2D eigenvalue weighted by Crippen LogP contribution is -2.44. The van der Waals surface area contributed by atoms with Gasteiger partial charge in [-0.15, -0.1) is 0 Å². The van der Waals surface area contributed by atoms with E-state index in [-0.39, 0.29) is 18.1 Å². The zero-order valence-electron chi connectivity index (χ0n) is 17.0. The van der Waals surface area contributed by atoms with Gasteiger partial charge in [-0.2, -0.15) is 0 Å². The molecular formula is C21H34N4O3. The predicted molar refractivity (Wildman–Crippen MR) is 110 cm³/mol. The van der Waals surface area contributed by atoms with Crippen LogP contribution in [0.2, 0.25) is 0 Å². The minimum absolute atomic E-state index is 0.0179. The van der Waals surface area contributed by atoms with Gasteiger partial charge in [0.15, 0.2) is 5.96 Å². The molecule has 1 saturated heterocycles. The van der Waals surface area contributed by atoms with Gasteiger partial charge in [-0.25, -0.2) is 9.98 Å². The molecule has 3 N–H and O–H groups in total. The maximum atomic E-state index is 9.41. The molecule has 1 aliphatic carbocycles. The van der Waals surface area contributed by atoms with Crippen LogP contribution < -0.4 is 15.4 Å². The number of aromatic nitrogens is 1. The summed E-state index contributed by atoms with van der Waals surface area (Å²) >= 11 is 0. The number of aliphatic hydroxyl groups excluding tert-OH is 1. The largest absolute Gasteiger partial charge is 0.474 e. The van der Waals surface area contributed by atoms with Crippen molar-refractivity contribution < 1.29 is 14.6 Å². The smallest absolute Gasteiger partial charge is 0.218 e. The molecule has 0 aromatic carbocycles. The predicted octanol–water partition coefficient (Wildman–Crippen LogP) is 2.25. The fourth-order valence-corrected chi connectivity index (χ4v) is 3.90. The second kappa shape index (κ2) is 10.6. The highest BCUT2D eigenvalue weighted by atomic mass is 16.5. The third-order valence-corrected chi connectivity index (χ3v) is 5.64. The van der Waals surface area contributed by atoms with Gasteiger partial charge in [-0.3, -0.25) is 0 Å². The molecule has 1 saturated carbocycles. The number of nitrogens with zero attached hydrogens (tertiary/aromatic N) is 2. The minimum Gasteiger partial charge on any atom is -0.474 e. The van der Waals surface area contributed by atoms with E-state index < -0.39 is 0 Å². The third kappa shape index (κ3) is 5.82. The van der Waals surface area contributed by atoms with Crippen molar-refractivity contribution in [3.63, 3.8) is 0 Å². The summed E-state index contributed by atoms with van der Waals surface area (Å²) in [4.78, 5) is 9.18. The Bertz CT molecular complexity index is 626. The summed E-state index contributed by atoms with van der Waals surface area (Å²) in [7, 11) is 0. The lowest BCUT2D eigenvalue weighted by Gasteiger charge is -2.27. The van der Waals surface area contributed by atoms with Crippen LogP contribution in [0.25, 0.3) is 0 Å². The van der Waals surface area contributed by atoms with Gasteiger partial charge in [0, 0.05) is 43.5 Å². The van der Waals surface area contributed by atoms with E-state index in [4.69, 9.17) is 14.5 Å². The zero-order valence-corrected chi connectivity index (χ0v) is 17.0. The SMILES string of the molecule is CCNC(=NCc1cccnc1OC1CCCC1)NCC1(CCO)CCOC1. The molecule has 7 nitrogen and oxygen atoms in total. The first-order valence-corrected chi connectivity index (χ1v) is 10.6. The van der Waals surface area contributed by atoms with Crippen LogP contribution in [0.3, 0.4) is 0 Å². The Hall–Kier alpha value is -1.86. The van der Waals surface area contributed by atoms with E-state index in [2.05, 4.69) is 22.5 Å². The standard InChI is InChI=1S/C21H34N4O3/c1-2-22-20(25-15-21(9-12-26)10-13-27-16-21)24-14-17-6-5-11-23-19(17)28-18-7-3-4-8-18/h5-6,11,18,26H,2-4,7-10,12-16H2,1H3,(H2,22,24,25). The van der Waals surface area contributed by atoms with Crippen LogP contribution >= 0.6 is 0 Å². The van der Waals surface area contributed by atoms with E-state index in [0.717, 1.165) is 56.9 Å². The second-order valence-electron chi connectivity index (χ2n) is 7.82. The Morgan fingerprint density at radius 1 is 1.39 bits per heavy atom. The number of ether oxygens (including phenoxy) is 2. The molecule has 1 aromatic rings. The number of guanidine groups is 1. The summed E-state index contributed by atoms with van der Waals surface area (Å²) in [6, 6.07) is 3.96. The molecule has 7 heteroatoms. The highest BCUT2D eigenvalue weighted by Crippen LogP contribution is 2.31. The van der Waals surface area contributed by atoms with E-state index in [1.807, 2.05) is 12.1 Å². The molecule has 156 valence electrons. The average Bonchev–Trinajstić information content (AvgIpc) is 3.38. The maximum Gasteiger partial charge on any atom is 0.218 e. The fraction of sp³-hybridized carbons (Fsp3) is 0.714. The molecule has 1 atom stereocenters. The van der Waals surface area contributed by atoms with Crippen LogP contribution in [0, 0.1) is 5.41 Å².